The minimum atomic E-state index is 0.145. The van der Waals surface area contributed by atoms with Gasteiger partial charge in [-0.05, 0) is 54.0 Å². The van der Waals surface area contributed by atoms with E-state index in [1.54, 1.807) is 0 Å². The van der Waals surface area contributed by atoms with E-state index in [1.807, 2.05) is 12.1 Å². The second-order valence-corrected chi connectivity index (χ2v) is 5.92. The molecule has 104 valence electrons. The summed E-state index contributed by atoms with van der Waals surface area (Å²) in [5, 5.41) is 0.803. The lowest BCUT2D eigenvalue weighted by atomic mass is 9.73. The van der Waals surface area contributed by atoms with E-state index in [-0.39, 0.29) is 6.04 Å². The number of rotatable bonds is 4. The van der Waals surface area contributed by atoms with Gasteiger partial charge in [-0.1, -0.05) is 48.0 Å². The van der Waals surface area contributed by atoms with Crippen molar-refractivity contribution in [1.29, 1.82) is 0 Å². The Bertz CT molecular complexity index is 624. The summed E-state index contributed by atoms with van der Waals surface area (Å²) >= 11 is 6.21. The maximum Gasteiger partial charge on any atom is 0.0469 e. The van der Waals surface area contributed by atoms with Crippen molar-refractivity contribution >= 4 is 11.6 Å². The highest BCUT2D eigenvalue weighted by Gasteiger charge is 2.28. The fraction of sp³-hybridized carbons (Fsp3) is 0.294. The zero-order chi connectivity index (χ0) is 14.1. The molecule has 3 rings (SSSR count). The SMILES string of the molecule is Cc1c(Cl)cccc1C(CC1Cc2ccccc21)NN. The van der Waals surface area contributed by atoms with Crippen molar-refractivity contribution in [3.63, 3.8) is 0 Å². The topological polar surface area (TPSA) is 38.0 Å². The summed E-state index contributed by atoms with van der Waals surface area (Å²) in [6.45, 7) is 2.05. The molecule has 2 aromatic rings. The number of hydrogen-bond acceptors (Lipinski definition) is 2. The summed E-state index contributed by atoms with van der Waals surface area (Å²) in [5.74, 6) is 6.37. The van der Waals surface area contributed by atoms with Gasteiger partial charge in [0.05, 0.1) is 0 Å². The van der Waals surface area contributed by atoms with Crippen LogP contribution in [-0.2, 0) is 6.42 Å². The Morgan fingerprint density at radius 3 is 2.80 bits per heavy atom. The molecule has 0 bridgehead atoms. The zero-order valence-electron chi connectivity index (χ0n) is 11.6. The van der Waals surface area contributed by atoms with Crippen molar-refractivity contribution in [3.05, 3.63) is 69.7 Å². The number of halogens is 1. The number of benzene rings is 2. The Hall–Kier alpha value is -1.35. The van der Waals surface area contributed by atoms with Crippen LogP contribution < -0.4 is 11.3 Å². The molecule has 0 saturated carbocycles. The maximum atomic E-state index is 6.21. The van der Waals surface area contributed by atoms with Crippen LogP contribution in [0, 0.1) is 6.92 Å². The normalized spacial score (nSPS) is 18.2. The molecule has 1 aliphatic rings. The van der Waals surface area contributed by atoms with E-state index >= 15 is 0 Å². The molecule has 0 saturated heterocycles. The Balaban J connectivity index is 1.81. The molecule has 0 aliphatic heterocycles. The summed E-state index contributed by atoms with van der Waals surface area (Å²) < 4.78 is 0. The van der Waals surface area contributed by atoms with E-state index < -0.39 is 0 Å². The van der Waals surface area contributed by atoms with Crippen molar-refractivity contribution in [2.75, 3.05) is 0 Å². The van der Waals surface area contributed by atoms with Gasteiger partial charge < -0.3 is 0 Å². The van der Waals surface area contributed by atoms with Crippen LogP contribution in [0.5, 0.6) is 0 Å². The second kappa shape index (κ2) is 5.57. The third-order valence-electron chi connectivity index (χ3n) is 4.37. The molecule has 0 aromatic heterocycles. The van der Waals surface area contributed by atoms with Gasteiger partial charge in [0.2, 0.25) is 0 Å². The van der Waals surface area contributed by atoms with E-state index in [4.69, 9.17) is 17.4 Å². The average molecular weight is 287 g/mol. The third kappa shape index (κ3) is 2.35. The minimum absolute atomic E-state index is 0.145. The van der Waals surface area contributed by atoms with Gasteiger partial charge in [0.15, 0.2) is 0 Å². The largest absolute Gasteiger partial charge is 0.271 e. The summed E-state index contributed by atoms with van der Waals surface area (Å²) in [6.07, 6.45) is 2.16. The predicted molar refractivity (Wildman–Crippen MR) is 83.8 cm³/mol. The predicted octanol–water partition coefficient (Wildman–Crippen LogP) is 3.88. The lowest BCUT2D eigenvalue weighted by Gasteiger charge is -2.33. The number of hydrogen-bond donors (Lipinski definition) is 2. The van der Waals surface area contributed by atoms with Crippen LogP contribution in [0.2, 0.25) is 5.02 Å². The van der Waals surface area contributed by atoms with Crippen LogP contribution in [0.3, 0.4) is 0 Å². The molecule has 2 atom stereocenters. The number of fused-ring (bicyclic) bond motifs is 1. The lowest BCUT2D eigenvalue weighted by Crippen LogP contribution is -2.32. The van der Waals surface area contributed by atoms with Crippen LogP contribution >= 0.6 is 11.6 Å². The molecule has 3 heteroatoms. The average Bonchev–Trinajstić information content (AvgIpc) is 2.44. The Morgan fingerprint density at radius 1 is 1.25 bits per heavy atom. The smallest absolute Gasteiger partial charge is 0.0469 e. The van der Waals surface area contributed by atoms with E-state index in [0.717, 1.165) is 23.4 Å². The zero-order valence-corrected chi connectivity index (χ0v) is 12.3. The van der Waals surface area contributed by atoms with Gasteiger partial charge in [-0.2, -0.15) is 0 Å². The van der Waals surface area contributed by atoms with Gasteiger partial charge >= 0.3 is 0 Å². The van der Waals surface area contributed by atoms with Crippen LogP contribution in [0.25, 0.3) is 0 Å². The van der Waals surface area contributed by atoms with Gasteiger partial charge in [0.25, 0.3) is 0 Å². The lowest BCUT2D eigenvalue weighted by molar-refractivity contribution is 0.434. The maximum absolute atomic E-state index is 6.21. The summed E-state index contributed by atoms with van der Waals surface area (Å²) in [6, 6.07) is 14.8. The molecule has 0 spiro atoms. The fourth-order valence-corrected chi connectivity index (χ4v) is 3.33. The van der Waals surface area contributed by atoms with Crippen LogP contribution in [-0.4, -0.2) is 0 Å². The van der Waals surface area contributed by atoms with Crippen molar-refractivity contribution < 1.29 is 0 Å². The molecule has 20 heavy (non-hydrogen) atoms. The Labute approximate surface area is 124 Å². The highest BCUT2D eigenvalue weighted by atomic mass is 35.5. The molecule has 0 fully saturated rings. The molecule has 2 nitrogen and oxygen atoms in total. The second-order valence-electron chi connectivity index (χ2n) is 5.51. The van der Waals surface area contributed by atoms with Crippen LogP contribution in [0.4, 0.5) is 0 Å². The first-order valence-corrected chi connectivity index (χ1v) is 7.37. The first-order chi connectivity index (χ1) is 9.70. The van der Waals surface area contributed by atoms with Gasteiger partial charge in [0, 0.05) is 11.1 Å². The van der Waals surface area contributed by atoms with Gasteiger partial charge in [-0.3, -0.25) is 11.3 Å². The molecule has 0 radical (unpaired) electrons. The Kier molecular flexibility index (Phi) is 3.79. The fourth-order valence-electron chi connectivity index (χ4n) is 3.14. The molecular weight excluding hydrogens is 268 g/mol. The standard InChI is InChI=1S/C17H19ClN2/c1-11-14(7-4-8-16(11)18)17(20-19)10-13-9-12-5-2-3-6-15(12)13/h2-8,13,17,20H,9-10,19H2,1H3. The van der Waals surface area contributed by atoms with E-state index in [9.17, 15) is 0 Å². The summed E-state index contributed by atoms with van der Waals surface area (Å²) in [5.41, 5.74) is 8.21. The minimum Gasteiger partial charge on any atom is -0.271 e. The molecular formula is C17H19ClN2. The monoisotopic (exact) mass is 286 g/mol. The van der Waals surface area contributed by atoms with Crippen molar-refractivity contribution in [3.8, 4) is 0 Å². The molecule has 0 heterocycles. The van der Waals surface area contributed by atoms with E-state index in [2.05, 4.69) is 42.7 Å². The molecule has 1 aliphatic carbocycles. The van der Waals surface area contributed by atoms with Gasteiger partial charge in [-0.15, -0.1) is 0 Å². The number of hydrazine groups is 1. The highest BCUT2D eigenvalue weighted by Crippen LogP contribution is 2.41. The molecule has 3 N–H and O–H groups in total. The quantitative estimate of drug-likeness (QED) is 0.661. The van der Waals surface area contributed by atoms with Gasteiger partial charge in [-0.25, -0.2) is 0 Å². The van der Waals surface area contributed by atoms with Crippen LogP contribution in [0.1, 0.15) is 40.6 Å². The highest BCUT2D eigenvalue weighted by molar-refractivity contribution is 6.31. The third-order valence-corrected chi connectivity index (χ3v) is 4.78. The molecule has 0 amide bonds. The first kappa shape index (κ1) is 13.6. The van der Waals surface area contributed by atoms with Gasteiger partial charge in [0.1, 0.15) is 0 Å². The van der Waals surface area contributed by atoms with E-state index in [1.165, 1.54) is 16.7 Å². The van der Waals surface area contributed by atoms with Crippen LogP contribution in [0.15, 0.2) is 42.5 Å². The van der Waals surface area contributed by atoms with Crippen molar-refractivity contribution in [2.45, 2.75) is 31.7 Å². The summed E-state index contributed by atoms with van der Waals surface area (Å²) in [7, 11) is 0. The van der Waals surface area contributed by atoms with E-state index in [0.29, 0.717) is 5.92 Å². The first-order valence-electron chi connectivity index (χ1n) is 6.99. The Morgan fingerprint density at radius 2 is 2.05 bits per heavy atom. The molecule has 2 aromatic carbocycles. The summed E-state index contributed by atoms with van der Waals surface area (Å²) in [4.78, 5) is 0. The number of nitrogens with one attached hydrogen (secondary N) is 1. The van der Waals surface area contributed by atoms with Crippen molar-refractivity contribution in [2.24, 2.45) is 5.84 Å². The van der Waals surface area contributed by atoms with Crippen molar-refractivity contribution in [1.82, 2.24) is 5.43 Å². The molecule has 2 unspecified atom stereocenters. The number of nitrogens with two attached hydrogens (primary N) is 1.